The van der Waals surface area contributed by atoms with Crippen LogP contribution < -0.4 is 11.1 Å². The molecule has 5 nitrogen and oxygen atoms in total. The number of nitrogens with one attached hydrogen (secondary N) is 1. The van der Waals surface area contributed by atoms with Crippen molar-refractivity contribution in [1.82, 2.24) is 15.1 Å². The molecule has 20 heavy (non-hydrogen) atoms. The third kappa shape index (κ3) is 3.93. The molecule has 0 spiro atoms. The minimum Gasteiger partial charge on any atom is -0.368 e. The van der Waals surface area contributed by atoms with E-state index in [1.807, 2.05) is 13.8 Å². The number of amides is 1. The second-order valence-corrected chi connectivity index (χ2v) is 6.60. The van der Waals surface area contributed by atoms with Gasteiger partial charge in [0.15, 0.2) is 0 Å². The van der Waals surface area contributed by atoms with Crippen molar-refractivity contribution in [3.63, 3.8) is 0 Å². The van der Waals surface area contributed by atoms with Gasteiger partial charge in [0.2, 0.25) is 5.91 Å². The number of nitrogens with zero attached hydrogens (tertiary/aromatic N) is 2. The van der Waals surface area contributed by atoms with E-state index in [0.717, 1.165) is 26.1 Å². The topological polar surface area (TPSA) is 61.6 Å². The van der Waals surface area contributed by atoms with Gasteiger partial charge in [0.05, 0.1) is 5.54 Å². The fourth-order valence-corrected chi connectivity index (χ4v) is 3.18. The average molecular weight is 284 g/mol. The Balaban J connectivity index is 2.70. The maximum Gasteiger partial charge on any atom is 0.237 e. The third-order valence-corrected chi connectivity index (χ3v) is 4.83. The molecule has 4 atom stereocenters. The van der Waals surface area contributed by atoms with E-state index < -0.39 is 5.54 Å². The van der Waals surface area contributed by atoms with E-state index in [4.69, 9.17) is 5.73 Å². The van der Waals surface area contributed by atoms with E-state index in [9.17, 15) is 4.79 Å². The van der Waals surface area contributed by atoms with Crippen molar-refractivity contribution in [2.75, 3.05) is 26.7 Å². The number of likely N-dealkylation sites (N-methyl/N-ethyl adjacent to an activating group) is 2. The van der Waals surface area contributed by atoms with Crippen LogP contribution in [-0.4, -0.2) is 66.1 Å². The zero-order valence-electron chi connectivity index (χ0n) is 13.9. The zero-order valence-corrected chi connectivity index (χ0v) is 13.9. The van der Waals surface area contributed by atoms with E-state index in [0.29, 0.717) is 18.1 Å². The van der Waals surface area contributed by atoms with Gasteiger partial charge in [-0.3, -0.25) is 14.6 Å². The van der Waals surface area contributed by atoms with Gasteiger partial charge >= 0.3 is 0 Å². The highest BCUT2D eigenvalue weighted by Gasteiger charge is 2.36. The van der Waals surface area contributed by atoms with Crippen molar-refractivity contribution in [2.24, 2.45) is 5.73 Å². The molecule has 0 bridgehead atoms. The van der Waals surface area contributed by atoms with E-state index in [-0.39, 0.29) is 5.91 Å². The molecule has 0 radical (unpaired) electrons. The Bertz CT molecular complexity index is 324. The van der Waals surface area contributed by atoms with Crippen LogP contribution in [0.15, 0.2) is 0 Å². The van der Waals surface area contributed by atoms with Gasteiger partial charge < -0.3 is 11.1 Å². The lowest BCUT2D eigenvalue weighted by atomic mass is 9.91. The molecule has 5 heteroatoms. The number of primary amides is 1. The summed E-state index contributed by atoms with van der Waals surface area (Å²) >= 11 is 0. The Labute approximate surface area is 123 Å². The van der Waals surface area contributed by atoms with Gasteiger partial charge in [-0.15, -0.1) is 0 Å². The highest BCUT2D eigenvalue weighted by molar-refractivity contribution is 5.84. The van der Waals surface area contributed by atoms with Crippen molar-refractivity contribution >= 4 is 5.91 Å². The minimum atomic E-state index is -0.621. The molecular weight excluding hydrogens is 252 g/mol. The van der Waals surface area contributed by atoms with Crippen LogP contribution in [0.2, 0.25) is 0 Å². The maximum absolute atomic E-state index is 11.7. The Morgan fingerprint density at radius 3 is 2.30 bits per heavy atom. The second kappa shape index (κ2) is 6.87. The van der Waals surface area contributed by atoms with Crippen LogP contribution in [0.1, 0.15) is 41.0 Å². The predicted octanol–water partition coefficient (Wildman–Crippen LogP) is 0.643. The first-order valence-corrected chi connectivity index (χ1v) is 7.72. The number of nitrogens with two attached hydrogens (primary N) is 1. The zero-order chi connectivity index (χ0) is 15.5. The summed E-state index contributed by atoms with van der Waals surface area (Å²) in [5, 5.41) is 3.25. The summed E-state index contributed by atoms with van der Waals surface area (Å²) in [6.07, 6.45) is 0.749. The Kier molecular flexibility index (Phi) is 5.98. The van der Waals surface area contributed by atoms with Crippen LogP contribution in [0.3, 0.4) is 0 Å². The molecule has 1 saturated heterocycles. The van der Waals surface area contributed by atoms with Crippen LogP contribution in [0.25, 0.3) is 0 Å². The van der Waals surface area contributed by atoms with Crippen molar-refractivity contribution in [3.05, 3.63) is 0 Å². The Hall–Kier alpha value is -0.650. The quantitative estimate of drug-likeness (QED) is 0.751. The molecule has 0 aromatic heterocycles. The number of rotatable bonds is 6. The molecule has 1 aliphatic heterocycles. The average Bonchev–Trinajstić information content (AvgIpc) is 2.35. The lowest BCUT2D eigenvalue weighted by Gasteiger charge is -2.46. The first-order chi connectivity index (χ1) is 9.21. The number of carbonyl (C=O) groups excluding carboxylic acids is 1. The van der Waals surface area contributed by atoms with Gasteiger partial charge in [-0.2, -0.15) is 0 Å². The SMILES string of the molecule is CCNC(C)(CC(C)N1CC(C)N(C)C(C)C1)C(N)=O. The molecule has 0 saturated carbocycles. The Morgan fingerprint density at radius 1 is 1.40 bits per heavy atom. The fraction of sp³-hybridized carbons (Fsp3) is 0.933. The van der Waals surface area contributed by atoms with Crippen LogP contribution in [0, 0.1) is 0 Å². The predicted molar refractivity (Wildman–Crippen MR) is 83.6 cm³/mol. The maximum atomic E-state index is 11.7. The molecule has 1 amide bonds. The lowest BCUT2D eigenvalue weighted by molar-refractivity contribution is -0.124. The normalized spacial score (nSPS) is 29.9. The van der Waals surface area contributed by atoms with Crippen molar-refractivity contribution in [3.8, 4) is 0 Å². The standard InChI is InChI=1S/C15H32N4O/c1-7-17-15(5,14(16)20)8-11(2)19-9-12(3)18(6)13(4)10-19/h11-13,17H,7-10H2,1-6H3,(H2,16,20). The van der Waals surface area contributed by atoms with E-state index in [1.165, 1.54) is 0 Å². The third-order valence-electron chi connectivity index (χ3n) is 4.83. The summed E-state index contributed by atoms with van der Waals surface area (Å²) in [7, 11) is 2.18. The first-order valence-electron chi connectivity index (χ1n) is 7.72. The van der Waals surface area contributed by atoms with E-state index >= 15 is 0 Å². The van der Waals surface area contributed by atoms with Gasteiger partial charge in [-0.1, -0.05) is 6.92 Å². The van der Waals surface area contributed by atoms with Crippen LogP contribution in [-0.2, 0) is 4.79 Å². The lowest BCUT2D eigenvalue weighted by Crippen LogP contribution is -2.60. The van der Waals surface area contributed by atoms with E-state index in [1.54, 1.807) is 0 Å². The molecule has 4 unspecified atom stereocenters. The summed E-state index contributed by atoms with van der Waals surface area (Å²) in [5.74, 6) is -0.263. The molecule has 118 valence electrons. The van der Waals surface area contributed by atoms with E-state index in [2.05, 4.69) is 42.9 Å². The number of piperazine rings is 1. The van der Waals surface area contributed by atoms with Gasteiger partial charge in [0, 0.05) is 31.2 Å². The molecule has 1 aliphatic rings. The summed E-state index contributed by atoms with van der Waals surface area (Å²) in [4.78, 5) is 16.6. The fourth-order valence-electron chi connectivity index (χ4n) is 3.18. The minimum absolute atomic E-state index is 0.263. The molecule has 0 aliphatic carbocycles. The number of carbonyl (C=O) groups is 1. The summed E-state index contributed by atoms with van der Waals surface area (Å²) in [6, 6.07) is 1.42. The molecule has 3 N–H and O–H groups in total. The summed E-state index contributed by atoms with van der Waals surface area (Å²) in [6.45, 7) is 13.5. The smallest absolute Gasteiger partial charge is 0.237 e. The summed E-state index contributed by atoms with van der Waals surface area (Å²) < 4.78 is 0. The molecule has 1 fully saturated rings. The van der Waals surface area contributed by atoms with Gasteiger partial charge in [-0.25, -0.2) is 0 Å². The van der Waals surface area contributed by atoms with Crippen LogP contribution in [0.4, 0.5) is 0 Å². The summed E-state index contributed by atoms with van der Waals surface area (Å²) in [5.41, 5.74) is 4.96. The van der Waals surface area contributed by atoms with Crippen molar-refractivity contribution in [2.45, 2.75) is 64.7 Å². The second-order valence-electron chi connectivity index (χ2n) is 6.60. The van der Waals surface area contributed by atoms with Crippen molar-refractivity contribution in [1.29, 1.82) is 0 Å². The number of hydrogen-bond donors (Lipinski definition) is 2. The monoisotopic (exact) mass is 284 g/mol. The Morgan fingerprint density at radius 2 is 1.90 bits per heavy atom. The molecule has 1 heterocycles. The van der Waals surface area contributed by atoms with Gasteiger partial charge in [0.1, 0.15) is 0 Å². The molecule has 0 aromatic carbocycles. The number of hydrogen-bond acceptors (Lipinski definition) is 4. The highest BCUT2D eigenvalue weighted by atomic mass is 16.1. The van der Waals surface area contributed by atoms with Crippen LogP contribution in [0.5, 0.6) is 0 Å². The largest absolute Gasteiger partial charge is 0.368 e. The van der Waals surface area contributed by atoms with Crippen molar-refractivity contribution < 1.29 is 4.79 Å². The molecule has 1 rings (SSSR count). The van der Waals surface area contributed by atoms with Gasteiger partial charge in [-0.05, 0) is 47.7 Å². The highest BCUT2D eigenvalue weighted by Crippen LogP contribution is 2.21. The molecular formula is C15H32N4O. The van der Waals surface area contributed by atoms with Crippen LogP contribution >= 0.6 is 0 Å². The van der Waals surface area contributed by atoms with Gasteiger partial charge in [0.25, 0.3) is 0 Å². The molecule has 0 aromatic rings. The first kappa shape index (κ1) is 17.4.